The number of rotatable bonds is 7. The van der Waals surface area contributed by atoms with Crippen molar-refractivity contribution in [2.24, 2.45) is 0 Å². The third kappa shape index (κ3) is 5.95. The third-order valence-corrected chi connectivity index (χ3v) is 5.84. The highest BCUT2D eigenvalue weighted by Crippen LogP contribution is 2.36. The van der Waals surface area contributed by atoms with E-state index in [2.05, 4.69) is 34.7 Å². The molecule has 0 aromatic heterocycles. The molecule has 0 amide bonds. The summed E-state index contributed by atoms with van der Waals surface area (Å²) in [4.78, 5) is 0. The van der Waals surface area contributed by atoms with E-state index in [0.717, 1.165) is 14.7 Å². The monoisotopic (exact) mass is 574 g/mol. The summed E-state index contributed by atoms with van der Waals surface area (Å²) in [7, 11) is 0. The van der Waals surface area contributed by atoms with Gasteiger partial charge in [0.2, 0.25) is 0 Å². The summed E-state index contributed by atoms with van der Waals surface area (Å²) >= 11 is 14.4. The molecule has 0 radical (unpaired) electrons. The summed E-state index contributed by atoms with van der Waals surface area (Å²) in [6.45, 7) is 2.60. The summed E-state index contributed by atoms with van der Waals surface area (Å²) in [5, 5.41) is 19.9. The Bertz CT molecular complexity index is 1260. The Morgan fingerprint density at radius 1 is 1.06 bits per heavy atom. The zero-order valence-electron chi connectivity index (χ0n) is 17.0. The van der Waals surface area contributed by atoms with Crippen molar-refractivity contribution in [2.45, 2.75) is 13.5 Å². The van der Waals surface area contributed by atoms with Crippen LogP contribution >= 0.6 is 45.8 Å². The normalized spacial score (nSPS) is 10.9. The summed E-state index contributed by atoms with van der Waals surface area (Å²) in [5.41, 5.74) is 3.22. The van der Waals surface area contributed by atoms with Crippen LogP contribution in [0.25, 0.3) is 11.6 Å². The first-order chi connectivity index (χ1) is 15.4. The fraction of sp³-hybridized carbons (Fsp3) is 0.120. The Hall–Kier alpha value is -2.71. The minimum atomic E-state index is 0.256. The molecule has 0 fully saturated rings. The van der Waals surface area contributed by atoms with Crippen molar-refractivity contribution in [2.75, 3.05) is 6.61 Å². The molecular formula is C25H17Cl2IN2O2. The molecule has 0 N–H and O–H groups in total. The number of hydrogen-bond donors (Lipinski definition) is 0. The van der Waals surface area contributed by atoms with Gasteiger partial charge in [-0.3, -0.25) is 0 Å². The largest absolute Gasteiger partial charge is 0.490 e. The van der Waals surface area contributed by atoms with Gasteiger partial charge in [0.1, 0.15) is 6.61 Å². The number of halogens is 3. The molecule has 0 bridgehead atoms. The third-order valence-electron chi connectivity index (χ3n) is 4.45. The van der Waals surface area contributed by atoms with Crippen LogP contribution < -0.4 is 9.47 Å². The van der Waals surface area contributed by atoms with Gasteiger partial charge in [-0.15, -0.1) is 0 Å². The quantitative estimate of drug-likeness (QED) is 0.166. The van der Waals surface area contributed by atoms with Gasteiger partial charge in [0.05, 0.1) is 33.5 Å². The van der Waals surface area contributed by atoms with Gasteiger partial charge >= 0.3 is 0 Å². The van der Waals surface area contributed by atoms with Crippen LogP contribution in [0.15, 0.2) is 54.6 Å². The Morgan fingerprint density at radius 3 is 2.56 bits per heavy atom. The lowest BCUT2D eigenvalue weighted by Crippen LogP contribution is -2.02. The van der Waals surface area contributed by atoms with E-state index in [-0.39, 0.29) is 6.61 Å². The van der Waals surface area contributed by atoms with Crippen molar-refractivity contribution < 1.29 is 9.47 Å². The number of nitrogens with zero attached hydrogens (tertiary/aromatic N) is 2. The molecule has 0 saturated carbocycles. The van der Waals surface area contributed by atoms with Crippen LogP contribution in [-0.4, -0.2) is 6.61 Å². The van der Waals surface area contributed by atoms with E-state index >= 15 is 0 Å². The number of nitriles is 2. The predicted octanol–water partition coefficient (Wildman–Crippen LogP) is 7.51. The minimum absolute atomic E-state index is 0.256. The van der Waals surface area contributed by atoms with Crippen LogP contribution in [-0.2, 0) is 6.61 Å². The Kier molecular flexibility index (Phi) is 8.41. The molecular weight excluding hydrogens is 558 g/mol. The molecule has 0 saturated heterocycles. The topological polar surface area (TPSA) is 66.0 Å². The molecule has 7 heteroatoms. The lowest BCUT2D eigenvalue weighted by molar-refractivity contribution is 0.267. The van der Waals surface area contributed by atoms with Crippen LogP contribution in [0.1, 0.15) is 29.2 Å². The molecule has 0 aliphatic carbocycles. The molecule has 0 atom stereocenters. The molecule has 0 aliphatic heterocycles. The molecule has 0 aliphatic rings. The highest BCUT2D eigenvalue weighted by molar-refractivity contribution is 14.1. The molecule has 3 rings (SSSR count). The molecule has 0 heterocycles. The van der Waals surface area contributed by atoms with Crippen molar-refractivity contribution in [1.29, 1.82) is 10.5 Å². The summed E-state index contributed by atoms with van der Waals surface area (Å²) in [5.74, 6) is 1.17. The Morgan fingerprint density at radius 2 is 1.88 bits per heavy atom. The number of ether oxygens (including phenoxy) is 2. The average molecular weight is 575 g/mol. The second-order valence-corrected chi connectivity index (χ2v) is 8.66. The van der Waals surface area contributed by atoms with Crippen molar-refractivity contribution in [3.63, 3.8) is 0 Å². The van der Waals surface area contributed by atoms with Gasteiger partial charge < -0.3 is 9.47 Å². The Balaban J connectivity index is 1.94. The fourth-order valence-electron chi connectivity index (χ4n) is 2.97. The van der Waals surface area contributed by atoms with Gasteiger partial charge in [0.25, 0.3) is 0 Å². The first kappa shape index (κ1) is 23.9. The highest BCUT2D eigenvalue weighted by atomic mass is 127. The lowest BCUT2D eigenvalue weighted by Gasteiger charge is -2.15. The molecule has 160 valence electrons. The molecule has 32 heavy (non-hydrogen) atoms. The van der Waals surface area contributed by atoms with Gasteiger partial charge in [0, 0.05) is 15.6 Å². The number of allylic oxidation sites excluding steroid dienone is 1. The van der Waals surface area contributed by atoms with E-state index in [1.54, 1.807) is 42.5 Å². The van der Waals surface area contributed by atoms with Gasteiger partial charge in [-0.25, -0.2) is 0 Å². The predicted molar refractivity (Wildman–Crippen MR) is 136 cm³/mol. The van der Waals surface area contributed by atoms with Crippen molar-refractivity contribution in [3.05, 3.63) is 90.5 Å². The van der Waals surface area contributed by atoms with Crippen molar-refractivity contribution in [1.82, 2.24) is 0 Å². The number of benzene rings is 3. The van der Waals surface area contributed by atoms with Crippen LogP contribution in [0, 0.1) is 26.2 Å². The second-order valence-electron chi connectivity index (χ2n) is 6.65. The van der Waals surface area contributed by atoms with Gasteiger partial charge in [-0.05, 0) is 83.1 Å². The number of hydrogen-bond acceptors (Lipinski definition) is 4. The lowest BCUT2D eigenvalue weighted by atomic mass is 10.0. The van der Waals surface area contributed by atoms with E-state index < -0.39 is 0 Å². The van der Waals surface area contributed by atoms with E-state index in [9.17, 15) is 5.26 Å². The zero-order chi connectivity index (χ0) is 23.1. The van der Waals surface area contributed by atoms with Gasteiger partial charge in [-0.1, -0.05) is 41.4 Å². The molecule has 4 nitrogen and oxygen atoms in total. The van der Waals surface area contributed by atoms with Crippen LogP contribution in [0.2, 0.25) is 10.0 Å². The second kappa shape index (κ2) is 11.2. The summed E-state index contributed by atoms with van der Waals surface area (Å²) in [6, 6.07) is 20.3. The average Bonchev–Trinajstić information content (AvgIpc) is 2.78. The fourth-order valence-corrected chi connectivity index (χ4v) is 4.21. The maximum absolute atomic E-state index is 9.68. The zero-order valence-corrected chi connectivity index (χ0v) is 20.7. The van der Waals surface area contributed by atoms with E-state index in [4.69, 9.17) is 37.9 Å². The molecule has 3 aromatic carbocycles. The molecule has 0 spiro atoms. The van der Waals surface area contributed by atoms with Crippen LogP contribution in [0.3, 0.4) is 0 Å². The van der Waals surface area contributed by atoms with Gasteiger partial charge in [0.15, 0.2) is 11.5 Å². The SMILES string of the molecule is CCOc1cc(/C=C(/C#N)c2cccc(C#N)c2)cc(I)c1OCc1ccc(Cl)cc1Cl. The van der Waals surface area contributed by atoms with Crippen LogP contribution in [0.5, 0.6) is 11.5 Å². The smallest absolute Gasteiger partial charge is 0.175 e. The summed E-state index contributed by atoms with van der Waals surface area (Å²) in [6.07, 6.45) is 1.76. The van der Waals surface area contributed by atoms with E-state index in [1.807, 2.05) is 25.1 Å². The maximum Gasteiger partial charge on any atom is 0.175 e. The standard InChI is InChI=1S/C25H17Cl2IN2O2/c1-2-31-24-11-17(9-20(14-30)18-5-3-4-16(8-18)13-29)10-23(28)25(24)32-15-19-6-7-21(26)12-22(19)27/h3-12H,2,15H2,1H3/b20-9-. The molecule has 3 aromatic rings. The van der Waals surface area contributed by atoms with E-state index in [1.165, 1.54) is 0 Å². The van der Waals surface area contributed by atoms with Gasteiger partial charge in [-0.2, -0.15) is 10.5 Å². The van der Waals surface area contributed by atoms with E-state index in [0.29, 0.717) is 44.9 Å². The molecule has 0 unspecified atom stereocenters. The summed E-state index contributed by atoms with van der Waals surface area (Å²) < 4.78 is 12.7. The first-order valence-electron chi connectivity index (χ1n) is 9.60. The Labute approximate surface area is 210 Å². The van der Waals surface area contributed by atoms with Crippen LogP contribution in [0.4, 0.5) is 0 Å². The highest BCUT2D eigenvalue weighted by Gasteiger charge is 2.14. The van der Waals surface area contributed by atoms with Crippen molar-refractivity contribution in [3.8, 4) is 23.6 Å². The first-order valence-corrected chi connectivity index (χ1v) is 11.4. The minimum Gasteiger partial charge on any atom is -0.490 e. The van der Waals surface area contributed by atoms with Crippen molar-refractivity contribution >= 4 is 57.4 Å². The maximum atomic E-state index is 9.68.